The summed E-state index contributed by atoms with van der Waals surface area (Å²) in [5.74, 6) is 0.851. The van der Waals surface area contributed by atoms with Gasteiger partial charge in [-0.05, 0) is 41.5 Å². The van der Waals surface area contributed by atoms with Crippen molar-refractivity contribution < 1.29 is 14.4 Å². The Kier molecular flexibility index (Phi) is 8.70. The van der Waals surface area contributed by atoms with E-state index < -0.39 is 0 Å². The highest BCUT2D eigenvalue weighted by molar-refractivity contribution is 5.79. The van der Waals surface area contributed by atoms with E-state index in [1.165, 1.54) is 21.9 Å². The number of pyridine rings is 1. The van der Waals surface area contributed by atoms with Crippen LogP contribution in [0.4, 0.5) is 5.69 Å². The van der Waals surface area contributed by atoms with Crippen molar-refractivity contribution in [3.63, 3.8) is 0 Å². The lowest BCUT2D eigenvalue weighted by Gasteiger charge is -2.37. The molecule has 1 fully saturated rings. The monoisotopic (exact) mass is 474 g/mol. The van der Waals surface area contributed by atoms with Gasteiger partial charge in [0.15, 0.2) is 0 Å². The van der Waals surface area contributed by atoms with Crippen molar-refractivity contribution in [3.05, 3.63) is 78.6 Å². The molecule has 0 spiro atoms. The Morgan fingerprint density at radius 1 is 0.971 bits per heavy atom. The van der Waals surface area contributed by atoms with E-state index in [2.05, 4.69) is 51.2 Å². The number of hydrogen-bond acceptors (Lipinski definition) is 6. The molecule has 1 aliphatic rings. The highest BCUT2D eigenvalue weighted by atomic mass is 16.7. The number of hydroxylamine groups is 2. The normalized spacial score (nSPS) is 14.1. The number of carbonyl (C=O) groups is 1. The number of benzene rings is 2. The van der Waals surface area contributed by atoms with Crippen LogP contribution < -0.4 is 9.64 Å². The second kappa shape index (κ2) is 12.3. The summed E-state index contributed by atoms with van der Waals surface area (Å²) in [6, 6.07) is 20.6. The van der Waals surface area contributed by atoms with Crippen molar-refractivity contribution in [2.75, 3.05) is 51.3 Å². The van der Waals surface area contributed by atoms with Crippen LogP contribution in [0.15, 0.2) is 73.1 Å². The number of para-hydroxylation sites is 1. The third-order valence-corrected chi connectivity index (χ3v) is 6.33. The molecule has 0 saturated carbocycles. The number of rotatable bonds is 10. The van der Waals surface area contributed by atoms with Gasteiger partial charge >= 0.3 is 0 Å². The third kappa shape index (κ3) is 6.59. The Bertz CT molecular complexity index is 1070. The van der Waals surface area contributed by atoms with Crippen LogP contribution >= 0.6 is 0 Å². The maximum atomic E-state index is 12.3. The zero-order valence-corrected chi connectivity index (χ0v) is 20.6. The standard InChI is InChI=1S/C28H34N4O3/c1-3-28(33)32(22-23-12-14-29-15-13-23)35-21-20-30-16-18-31(19-17-30)27-7-5-4-6-26(27)24-8-10-25(34-2)11-9-24/h4-15H,3,16-22H2,1-2H3. The van der Waals surface area contributed by atoms with E-state index in [1.54, 1.807) is 19.5 Å². The van der Waals surface area contributed by atoms with E-state index in [-0.39, 0.29) is 5.91 Å². The Labute approximate surface area is 207 Å². The number of aromatic nitrogens is 1. The average Bonchev–Trinajstić information content (AvgIpc) is 2.93. The van der Waals surface area contributed by atoms with Crippen LogP contribution in [0.1, 0.15) is 18.9 Å². The summed E-state index contributed by atoms with van der Waals surface area (Å²) in [5, 5.41) is 1.48. The van der Waals surface area contributed by atoms with Crippen LogP contribution in [0.25, 0.3) is 11.1 Å². The van der Waals surface area contributed by atoms with Crippen LogP contribution in [0.3, 0.4) is 0 Å². The molecule has 0 N–H and O–H groups in total. The molecule has 35 heavy (non-hydrogen) atoms. The van der Waals surface area contributed by atoms with Crippen LogP contribution in [0.2, 0.25) is 0 Å². The Morgan fingerprint density at radius 2 is 1.69 bits per heavy atom. The Morgan fingerprint density at radius 3 is 2.37 bits per heavy atom. The number of anilines is 1. The molecule has 0 bridgehead atoms. The molecule has 1 aromatic heterocycles. The first-order chi connectivity index (χ1) is 17.2. The molecular weight excluding hydrogens is 440 g/mol. The van der Waals surface area contributed by atoms with Crippen LogP contribution in [0, 0.1) is 0 Å². The van der Waals surface area contributed by atoms with Gasteiger partial charge < -0.3 is 9.64 Å². The minimum atomic E-state index is -0.0122. The SMILES string of the molecule is CCC(=O)N(Cc1ccncc1)OCCN1CCN(c2ccccc2-c2ccc(OC)cc2)CC1. The zero-order valence-electron chi connectivity index (χ0n) is 20.6. The van der Waals surface area contributed by atoms with Crippen molar-refractivity contribution in [2.45, 2.75) is 19.9 Å². The highest BCUT2D eigenvalue weighted by Crippen LogP contribution is 2.32. The van der Waals surface area contributed by atoms with Gasteiger partial charge in [0.2, 0.25) is 5.91 Å². The number of hydrogen-bond donors (Lipinski definition) is 0. The quantitative estimate of drug-likeness (QED) is 0.410. The molecule has 4 rings (SSSR count). The highest BCUT2D eigenvalue weighted by Gasteiger charge is 2.20. The number of methoxy groups -OCH3 is 1. The lowest BCUT2D eigenvalue weighted by Crippen LogP contribution is -2.48. The van der Waals surface area contributed by atoms with Crippen molar-refractivity contribution in [3.8, 4) is 16.9 Å². The molecule has 2 aromatic carbocycles. The summed E-state index contributed by atoms with van der Waals surface area (Å²) >= 11 is 0. The first-order valence-corrected chi connectivity index (χ1v) is 12.2. The summed E-state index contributed by atoms with van der Waals surface area (Å²) in [4.78, 5) is 27.1. The van der Waals surface area contributed by atoms with Crippen LogP contribution in [-0.2, 0) is 16.2 Å². The van der Waals surface area contributed by atoms with Gasteiger partial charge in [-0.3, -0.25) is 19.5 Å². The fourth-order valence-electron chi connectivity index (χ4n) is 4.29. The summed E-state index contributed by atoms with van der Waals surface area (Å²) in [5.41, 5.74) is 4.68. The fraction of sp³-hybridized carbons (Fsp3) is 0.357. The Balaban J connectivity index is 1.30. The van der Waals surface area contributed by atoms with Crippen molar-refractivity contribution in [2.24, 2.45) is 0 Å². The third-order valence-electron chi connectivity index (χ3n) is 6.33. The summed E-state index contributed by atoms with van der Waals surface area (Å²) in [7, 11) is 1.69. The van der Waals surface area contributed by atoms with Gasteiger partial charge in [0.1, 0.15) is 5.75 Å². The van der Waals surface area contributed by atoms with Crippen molar-refractivity contribution in [1.29, 1.82) is 0 Å². The zero-order chi connectivity index (χ0) is 24.5. The van der Waals surface area contributed by atoms with E-state index in [0.717, 1.165) is 44.0 Å². The predicted molar refractivity (Wildman–Crippen MR) is 138 cm³/mol. The average molecular weight is 475 g/mol. The van der Waals surface area contributed by atoms with E-state index >= 15 is 0 Å². The van der Waals surface area contributed by atoms with Crippen molar-refractivity contribution >= 4 is 11.6 Å². The van der Waals surface area contributed by atoms with Gasteiger partial charge in [0, 0.05) is 62.8 Å². The molecule has 1 aliphatic heterocycles. The Hall–Kier alpha value is -3.42. The van der Waals surface area contributed by atoms with Gasteiger partial charge in [-0.2, -0.15) is 0 Å². The number of piperazine rings is 1. The van der Waals surface area contributed by atoms with Crippen LogP contribution in [-0.4, -0.2) is 67.3 Å². The molecule has 0 atom stereocenters. The topological polar surface area (TPSA) is 58.1 Å². The molecule has 7 nitrogen and oxygen atoms in total. The summed E-state index contributed by atoms with van der Waals surface area (Å²) in [6.07, 6.45) is 3.88. The lowest BCUT2D eigenvalue weighted by molar-refractivity contribution is -0.191. The summed E-state index contributed by atoms with van der Waals surface area (Å²) < 4.78 is 5.31. The lowest BCUT2D eigenvalue weighted by atomic mass is 10.0. The predicted octanol–water partition coefficient (Wildman–Crippen LogP) is 4.25. The van der Waals surface area contributed by atoms with Gasteiger partial charge in [0.05, 0.1) is 20.3 Å². The summed E-state index contributed by atoms with van der Waals surface area (Å²) in [6.45, 7) is 7.36. The molecule has 2 heterocycles. The molecule has 184 valence electrons. The van der Waals surface area contributed by atoms with Gasteiger partial charge in [0.25, 0.3) is 0 Å². The molecule has 1 saturated heterocycles. The smallest absolute Gasteiger partial charge is 0.246 e. The van der Waals surface area contributed by atoms with Gasteiger partial charge in [-0.25, -0.2) is 5.06 Å². The van der Waals surface area contributed by atoms with Gasteiger partial charge in [-0.15, -0.1) is 0 Å². The van der Waals surface area contributed by atoms with E-state index in [1.807, 2.05) is 31.2 Å². The number of amides is 1. The largest absolute Gasteiger partial charge is 0.497 e. The second-order valence-corrected chi connectivity index (χ2v) is 8.55. The van der Waals surface area contributed by atoms with Crippen molar-refractivity contribution in [1.82, 2.24) is 14.9 Å². The van der Waals surface area contributed by atoms with Crippen LogP contribution in [0.5, 0.6) is 5.75 Å². The first kappa shape index (κ1) is 24.7. The molecular formula is C28H34N4O3. The van der Waals surface area contributed by atoms with Gasteiger partial charge in [-0.1, -0.05) is 37.3 Å². The number of nitrogens with zero attached hydrogens (tertiary/aromatic N) is 4. The molecule has 0 aliphatic carbocycles. The number of carbonyl (C=O) groups excluding carboxylic acids is 1. The van der Waals surface area contributed by atoms with E-state index in [0.29, 0.717) is 19.6 Å². The maximum Gasteiger partial charge on any atom is 0.246 e. The van der Waals surface area contributed by atoms with E-state index in [4.69, 9.17) is 9.57 Å². The minimum Gasteiger partial charge on any atom is -0.497 e. The number of ether oxygens (including phenoxy) is 1. The second-order valence-electron chi connectivity index (χ2n) is 8.55. The molecule has 0 unspecified atom stereocenters. The maximum absolute atomic E-state index is 12.3. The molecule has 0 radical (unpaired) electrons. The molecule has 1 amide bonds. The minimum absolute atomic E-state index is 0.0122. The first-order valence-electron chi connectivity index (χ1n) is 12.2. The molecule has 7 heteroatoms. The molecule has 3 aromatic rings. The van der Waals surface area contributed by atoms with E-state index in [9.17, 15) is 4.79 Å². The fourth-order valence-corrected chi connectivity index (χ4v) is 4.29.